The molecule has 19 heavy (non-hydrogen) atoms. The maximum Gasteiger partial charge on any atom is 0.240 e. The zero-order valence-corrected chi connectivity index (χ0v) is 12.3. The Balaban J connectivity index is 1.70. The van der Waals surface area contributed by atoms with Gasteiger partial charge in [-0.1, -0.05) is 6.92 Å². The molecule has 104 valence electrons. The van der Waals surface area contributed by atoms with Gasteiger partial charge in [0.05, 0.1) is 6.04 Å². The van der Waals surface area contributed by atoms with E-state index in [0.29, 0.717) is 17.9 Å². The van der Waals surface area contributed by atoms with E-state index in [1.54, 1.807) is 11.3 Å². The van der Waals surface area contributed by atoms with E-state index >= 15 is 0 Å². The number of carbonyl (C=O) groups excluding carboxylic acids is 1. The average molecular weight is 278 g/mol. The van der Waals surface area contributed by atoms with Crippen LogP contribution in [0.3, 0.4) is 0 Å². The second-order valence-electron chi connectivity index (χ2n) is 5.88. The van der Waals surface area contributed by atoms with Crippen molar-refractivity contribution >= 4 is 17.2 Å². The van der Waals surface area contributed by atoms with E-state index in [0.717, 1.165) is 13.1 Å². The van der Waals surface area contributed by atoms with Crippen LogP contribution >= 0.6 is 11.3 Å². The van der Waals surface area contributed by atoms with Crippen molar-refractivity contribution in [3.8, 4) is 0 Å². The predicted octanol–water partition coefficient (Wildman–Crippen LogP) is 2.63. The van der Waals surface area contributed by atoms with Gasteiger partial charge in [-0.15, -0.1) is 0 Å². The lowest BCUT2D eigenvalue weighted by Crippen LogP contribution is -2.52. The smallest absolute Gasteiger partial charge is 0.240 e. The summed E-state index contributed by atoms with van der Waals surface area (Å²) in [6.45, 7) is 3.97. The number of amides is 1. The lowest BCUT2D eigenvalue weighted by Gasteiger charge is -2.34. The highest BCUT2D eigenvalue weighted by molar-refractivity contribution is 7.07. The Morgan fingerprint density at radius 1 is 1.47 bits per heavy atom. The molecule has 3 rings (SSSR count). The van der Waals surface area contributed by atoms with E-state index in [9.17, 15) is 4.79 Å². The Bertz CT molecular complexity index is 427. The number of hydrogen-bond acceptors (Lipinski definition) is 3. The Morgan fingerprint density at radius 3 is 2.95 bits per heavy atom. The van der Waals surface area contributed by atoms with E-state index in [1.165, 1.54) is 31.2 Å². The topological polar surface area (TPSA) is 32.3 Å². The maximum absolute atomic E-state index is 12.8. The molecular formula is C15H22N2OS. The van der Waals surface area contributed by atoms with E-state index in [1.807, 2.05) is 0 Å². The number of hydrogen-bond donors (Lipinski definition) is 1. The third kappa shape index (κ3) is 3.00. The van der Waals surface area contributed by atoms with Crippen LogP contribution in [0, 0.1) is 5.92 Å². The third-order valence-electron chi connectivity index (χ3n) is 4.24. The third-order valence-corrected chi connectivity index (χ3v) is 4.97. The molecule has 2 fully saturated rings. The predicted molar refractivity (Wildman–Crippen MR) is 78.1 cm³/mol. The number of thiophene rings is 1. The summed E-state index contributed by atoms with van der Waals surface area (Å²) >= 11 is 1.71. The Kier molecular flexibility index (Phi) is 3.89. The molecule has 1 saturated heterocycles. The molecule has 1 aromatic rings. The standard InChI is InChI=1S/C15H22N2OS/c1-11-3-2-7-16-14(11)15(18)17(13-4-5-13)9-12-6-8-19-10-12/h6,8,10-11,13-14,16H,2-5,7,9H2,1H3. The SMILES string of the molecule is CC1CCCNC1C(=O)N(Cc1ccsc1)C1CC1. The van der Waals surface area contributed by atoms with Crippen molar-refractivity contribution in [3.05, 3.63) is 22.4 Å². The van der Waals surface area contributed by atoms with Crippen LogP contribution in [-0.2, 0) is 11.3 Å². The zero-order chi connectivity index (χ0) is 13.2. The van der Waals surface area contributed by atoms with Gasteiger partial charge in [-0.2, -0.15) is 11.3 Å². The largest absolute Gasteiger partial charge is 0.334 e. The summed E-state index contributed by atoms with van der Waals surface area (Å²) in [4.78, 5) is 14.9. The summed E-state index contributed by atoms with van der Waals surface area (Å²) in [6, 6.07) is 2.65. The molecule has 1 aliphatic heterocycles. The van der Waals surface area contributed by atoms with Crippen LogP contribution in [0.4, 0.5) is 0 Å². The fraction of sp³-hybridized carbons (Fsp3) is 0.667. The monoisotopic (exact) mass is 278 g/mol. The van der Waals surface area contributed by atoms with E-state index in [-0.39, 0.29) is 6.04 Å². The molecule has 2 heterocycles. The highest BCUT2D eigenvalue weighted by Crippen LogP contribution is 2.31. The van der Waals surface area contributed by atoms with Gasteiger partial charge in [-0.3, -0.25) is 4.79 Å². The summed E-state index contributed by atoms with van der Waals surface area (Å²) in [5.41, 5.74) is 1.27. The summed E-state index contributed by atoms with van der Waals surface area (Å²) in [5.74, 6) is 0.783. The molecule has 0 spiro atoms. The minimum absolute atomic E-state index is 0.0352. The molecule has 1 saturated carbocycles. The Labute approximate surface area is 119 Å². The molecule has 2 atom stereocenters. The van der Waals surface area contributed by atoms with Crippen LogP contribution < -0.4 is 5.32 Å². The minimum Gasteiger partial charge on any atom is -0.334 e. The number of piperidine rings is 1. The van der Waals surface area contributed by atoms with Gasteiger partial charge in [0.15, 0.2) is 0 Å². The van der Waals surface area contributed by atoms with Gasteiger partial charge in [-0.25, -0.2) is 0 Å². The first-order valence-electron chi connectivity index (χ1n) is 7.30. The minimum atomic E-state index is 0.0352. The fourth-order valence-corrected chi connectivity index (χ4v) is 3.57. The van der Waals surface area contributed by atoms with Gasteiger partial charge in [0.1, 0.15) is 0 Å². The Morgan fingerprint density at radius 2 is 2.32 bits per heavy atom. The van der Waals surface area contributed by atoms with Crippen LogP contribution in [0.2, 0.25) is 0 Å². The Hall–Kier alpha value is -0.870. The molecule has 4 heteroatoms. The molecule has 1 N–H and O–H groups in total. The van der Waals surface area contributed by atoms with Crippen molar-refractivity contribution in [1.82, 2.24) is 10.2 Å². The number of nitrogens with zero attached hydrogens (tertiary/aromatic N) is 1. The molecule has 1 aromatic heterocycles. The van der Waals surface area contributed by atoms with Crippen molar-refractivity contribution in [2.24, 2.45) is 5.92 Å². The lowest BCUT2D eigenvalue weighted by atomic mass is 9.91. The average Bonchev–Trinajstić information content (AvgIpc) is 3.13. The second-order valence-corrected chi connectivity index (χ2v) is 6.66. The van der Waals surface area contributed by atoms with Crippen LogP contribution in [0.25, 0.3) is 0 Å². The van der Waals surface area contributed by atoms with Crippen molar-refractivity contribution in [1.29, 1.82) is 0 Å². The van der Waals surface area contributed by atoms with E-state index in [4.69, 9.17) is 0 Å². The maximum atomic E-state index is 12.8. The van der Waals surface area contributed by atoms with Crippen LogP contribution in [0.5, 0.6) is 0 Å². The number of carbonyl (C=O) groups is 1. The number of rotatable bonds is 4. The molecule has 2 unspecified atom stereocenters. The molecule has 3 nitrogen and oxygen atoms in total. The van der Waals surface area contributed by atoms with E-state index < -0.39 is 0 Å². The molecule has 1 aliphatic carbocycles. The highest BCUT2D eigenvalue weighted by Gasteiger charge is 2.38. The first-order chi connectivity index (χ1) is 9.25. The van der Waals surface area contributed by atoms with Crippen molar-refractivity contribution in [3.63, 3.8) is 0 Å². The molecule has 2 aliphatic rings. The van der Waals surface area contributed by atoms with E-state index in [2.05, 4.69) is 34.0 Å². The quantitative estimate of drug-likeness (QED) is 0.918. The highest BCUT2D eigenvalue weighted by atomic mass is 32.1. The van der Waals surface area contributed by atoms with Gasteiger partial charge in [0.2, 0.25) is 5.91 Å². The van der Waals surface area contributed by atoms with Crippen LogP contribution in [0.15, 0.2) is 16.8 Å². The van der Waals surface area contributed by atoms with Gasteiger partial charge in [0, 0.05) is 12.6 Å². The molecule has 0 aromatic carbocycles. The molecule has 1 amide bonds. The fourth-order valence-electron chi connectivity index (χ4n) is 2.91. The van der Waals surface area contributed by atoms with Crippen molar-refractivity contribution in [2.75, 3.05) is 6.54 Å². The lowest BCUT2D eigenvalue weighted by molar-refractivity contribution is -0.136. The summed E-state index contributed by atoms with van der Waals surface area (Å²) < 4.78 is 0. The molecule has 0 radical (unpaired) electrons. The second kappa shape index (κ2) is 5.63. The van der Waals surface area contributed by atoms with Gasteiger partial charge in [-0.05, 0) is 60.5 Å². The van der Waals surface area contributed by atoms with Crippen LogP contribution in [0.1, 0.15) is 38.2 Å². The van der Waals surface area contributed by atoms with Gasteiger partial charge >= 0.3 is 0 Å². The normalized spacial score (nSPS) is 27.2. The summed E-state index contributed by atoms with van der Waals surface area (Å²) in [6.07, 6.45) is 4.72. The first kappa shape index (κ1) is 13.1. The first-order valence-corrected chi connectivity index (χ1v) is 8.25. The molecule has 0 bridgehead atoms. The van der Waals surface area contributed by atoms with Gasteiger partial charge in [0.25, 0.3) is 0 Å². The molecular weight excluding hydrogens is 256 g/mol. The zero-order valence-electron chi connectivity index (χ0n) is 11.5. The van der Waals surface area contributed by atoms with Crippen molar-refractivity contribution < 1.29 is 4.79 Å². The summed E-state index contributed by atoms with van der Waals surface area (Å²) in [5, 5.41) is 7.67. The summed E-state index contributed by atoms with van der Waals surface area (Å²) in [7, 11) is 0. The van der Waals surface area contributed by atoms with Crippen molar-refractivity contribution in [2.45, 2.75) is 51.2 Å². The van der Waals surface area contributed by atoms with Crippen LogP contribution in [-0.4, -0.2) is 29.4 Å². The number of nitrogens with one attached hydrogen (secondary N) is 1. The van der Waals surface area contributed by atoms with Gasteiger partial charge < -0.3 is 10.2 Å².